The Morgan fingerprint density at radius 2 is 1.84 bits per heavy atom. The van der Waals surface area contributed by atoms with Gasteiger partial charge in [0.05, 0.1) is 18.0 Å². The van der Waals surface area contributed by atoms with Gasteiger partial charge in [-0.25, -0.2) is 14.7 Å². The Kier molecular flexibility index (Phi) is 4.37. The van der Waals surface area contributed by atoms with Crippen LogP contribution in [0.25, 0.3) is 0 Å². The molecule has 0 spiro atoms. The van der Waals surface area contributed by atoms with E-state index in [9.17, 15) is 9.59 Å². The van der Waals surface area contributed by atoms with Crippen LogP contribution in [0.2, 0.25) is 0 Å². The molecule has 1 aliphatic rings. The van der Waals surface area contributed by atoms with Crippen LogP contribution in [0.5, 0.6) is 0 Å². The van der Waals surface area contributed by atoms with E-state index in [4.69, 9.17) is 4.74 Å². The molecule has 0 atom stereocenters. The summed E-state index contributed by atoms with van der Waals surface area (Å²) in [5.74, 6) is -0.0178. The van der Waals surface area contributed by atoms with Crippen LogP contribution < -0.4 is 4.90 Å². The number of fused-ring (bicyclic) bond motifs is 1. The van der Waals surface area contributed by atoms with Crippen LogP contribution >= 0.6 is 0 Å². The average molecular weight is 341 g/mol. The lowest BCUT2D eigenvalue weighted by molar-refractivity contribution is -0.117. The van der Waals surface area contributed by atoms with E-state index in [1.54, 1.807) is 16.4 Å². The molecule has 1 aromatic heterocycles. The van der Waals surface area contributed by atoms with Gasteiger partial charge >= 0.3 is 5.97 Å². The smallest absolute Gasteiger partial charge is 0.356 e. The van der Waals surface area contributed by atoms with Gasteiger partial charge in [0.25, 0.3) is 5.91 Å². The minimum atomic E-state index is -0.426. The highest BCUT2D eigenvalue weighted by Gasteiger charge is 2.37. The maximum Gasteiger partial charge on any atom is 0.356 e. The third-order valence-electron chi connectivity index (χ3n) is 4.43. The number of aryl methyl sites for hydroxylation is 4. The van der Waals surface area contributed by atoms with Crippen molar-refractivity contribution in [1.29, 1.82) is 0 Å². The molecule has 0 fully saturated rings. The highest BCUT2D eigenvalue weighted by molar-refractivity contribution is 6.05. The van der Waals surface area contributed by atoms with E-state index in [0.29, 0.717) is 23.8 Å². The number of rotatable bonds is 4. The van der Waals surface area contributed by atoms with E-state index in [2.05, 4.69) is 4.98 Å². The van der Waals surface area contributed by atoms with E-state index in [-0.39, 0.29) is 19.1 Å². The number of hydrogen-bond donors (Lipinski definition) is 0. The van der Waals surface area contributed by atoms with Crippen molar-refractivity contribution in [3.8, 4) is 0 Å². The molecule has 132 valence electrons. The van der Waals surface area contributed by atoms with Crippen molar-refractivity contribution in [1.82, 2.24) is 9.55 Å². The van der Waals surface area contributed by atoms with Gasteiger partial charge in [0.15, 0.2) is 5.69 Å². The van der Waals surface area contributed by atoms with Gasteiger partial charge in [-0.2, -0.15) is 0 Å². The van der Waals surface area contributed by atoms with Gasteiger partial charge in [-0.3, -0.25) is 9.36 Å². The molecule has 1 aliphatic heterocycles. The number of nitrogens with zero attached hydrogens (tertiary/aromatic N) is 3. The zero-order valence-corrected chi connectivity index (χ0v) is 15.3. The molecule has 2 aromatic rings. The lowest BCUT2D eigenvalue weighted by Crippen LogP contribution is -2.24. The van der Waals surface area contributed by atoms with Crippen molar-refractivity contribution in [2.24, 2.45) is 0 Å². The van der Waals surface area contributed by atoms with Crippen molar-refractivity contribution < 1.29 is 14.3 Å². The molecule has 0 aliphatic carbocycles. The molecule has 0 saturated heterocycles. The maximum absolute atomic E-state index is 12.7. The Hall–Kier alpha value is -2.63. The monoisotopic (exact) mass is 341 g/mol. The summed E-state index contributed by atoms with van der Waals surface area (Å²) in [7, 11) is 0. The summed E-state index contributed by atoms with van der Waals surface area (Å²) in [6, 6.07) is 4.10. The second kappa shape index (κ2) is 6.35. The minimum absolute atomic E-state index is 0.0919. The first kappa shape index (κ1) is 17.2. The summed E-state index contributed by atoms with van der Waals surface area (Å²) in [6.45, 7) is 10.1. The van der Waals surface area contributed by atoms with Crippen LogP contribution in [0, 0.1) is 20.8 Å². The normalized spacial score (nSPS) is 13.3. The maximum atomic E-state index is 12.7. The van der Waals surface area contributed by atoms with Crippen molar-refractivity contribution >= 4 is 23.5 Å². The first-order chi connectivity index (χ1) is 11.9. The van der Waals surface area contributed by atoms with Crippen molar-refractivity contribution in [3.63, 3.8) is 0 Å². The van der Waals surface area contributed by atoms with Gasteiger partial charge in [-0.1, -0.05) is 24.6 Å². The predicted octanol–water partition coefficient (Wildman–Crippen LogP) is 3.23. The Morgan fingerprint density at radius 3 is 2.40 bits per heavy atom. The van der Waals surface area contributed by atoms with Gasteiger partial charge in [0, 0.05) is 0 Å². The largest absolute Gasteiger partial charge is 0.461 e. The van der Waals surface area contributed by atoms with Gasteiger partial charge in [-0.05, 0) is 45.2 Å². The molecule has 1 amide bonds. The quantitative estimate of drug-likeness (QED) is 0.801. The molecule has 25 heavy (non-hydrogen) atoms. The molecule has 2 heterocycles. The summed E-state index contributed by atoms with van der Waals surface area (Å²) < 4.78 is 6.84. The molecule has 0 saturated carbocycles. The van der Waals surface area contributed by atoms with Crippen LogP contribution in [-0.2, 0) is 22.5 Å². The summed E-state index contributed by atoms with van der Waals surface area (Å²) in [4.78, 5) is 31.3. The Bertz CT molecular complexity index is 844. The van der Waals surface area contributed by atoms with E-state index in [1.165, 1.54) is 0 Å². The molecule has 0 N–H and O–H groups in total. The minimum Gasteiger partial charge on any atom is -0.461 e. The second-order valence-corrected chi connectivity index (χ2v) is 6.34. The van der Waals surface area contributed by atoms with Gasteiger partial charge in [-0.15, -0.1) is 0 Å². The predicted molar refractivity (Wildman–Crippen MR) is 95.4 cm³/mol. The standard InChI is InChI=1S/C19H23N3O3/c1-6-14-17(18(24)25-7-2)21-10-15(23)22(19(21)20-14)16-12(4)8-11(3)9-13(16)5/h8-9H,6-7,10H2,1-5H3. The van der Waals surface area contributed by atoms with Crippen molar-refractivity contribution in [2.75, 3.05) is 11.5 Å². The average Bonchev–Trinajstić information content (AvgIpc) is 3.02. The number of carbonyl (C=O) groups is 2. The molecule has 0 radical (unpaired) electrons. The van der Waals surface area contributed by atoms with Gasteiger partial charge in [0.2, 0.25) is 5.95 Å². The lowest BCUT2D eigenvalue weighted by atomic mass is 10.0. The fourth-order valence-corrected chi connectivity index (χ4v) is 3.55. The number of hydrogen-bond acceptors (Lipinski definition) is 4. The van der Waals surface area contributed by atoms with Gasteiger partial charge in [0.1, 0.15) is 6.54 Å². The van der Waals surface area contributed by atoms with E-state index >= 15 is 0 Å². The number of amides is 1. The summed E-state index contributed by atoms with van der Waals surface area (Å²) in [5.41, 5.74) is 5.06. The highest BCUT2D eigenvalue weighted by Crippen LogP contribution is 2.37. The Balaban J connectivity index is 2.17. The first-order valence-electron chi connectivity index (χ1n) is 8.56. The second-order valence-electron chi connectivity index (χ2n) is 6.34. The van der Waals surface area contributed by atoms with Crippen LogP contribution in [0.3, 0.4) is 0 Å². The third-order valence-corrected chi connectivity index (χ3v) is 4.43. The number of benzene rings is 1. The van der Waals surface area contributed by atoms with Crippen molar-refractivity contribution in [3.05, 3.63) is 40.2 Å². The summed E-state index contributed by atoms with van der Waals surface area (Å²) in [6.07, 6.45) is 0.599. The van der Waals surface area contributed by atoms with Crippen molar-refractivity contribution in [2.45, 2.75) is 47.6 Å². The molecular formula is C19H23N3O3. The number of imidazole rings is 1. The number of ether oxygens (including phenoxy) is 1. The third kappa shape index (κ3) is 2.71. The molecule has 1 aromatic carbocycles. The van der Waals surface area contributed by atoms with Crippen LogP contribution in [-0.4, -0.2) is 28.0 Å². The summed E-state index contributed by atoms with van der Waals surface area (Å²) in [5, 5.41) is 0. The van der Waals surface area contributed by atoms with E-state index in [0.717, 1.165) is 22.4 Å². The molecule has 0 bridgehead atoms. The highest BCUT2D eigenvalue weighted by atomic mass is 16.5. The van der Waals surface area contributed by atoms with Crippen LogP contribution in [0.1, 0.15) is 46.7 Å². The topological polar surface area (TPSA) is 64.4 Å². The van der Waals surface area contributed by atoms with Crippen LogP contribution in [0.15, 0.2) is 12.1 Å². The molecular weight excluding hydrogens is 318 g/mol. The number of esters is 1. The first-order valence-corrected chi connectivity index (χ1v) is 8.56. The zero-order chi connectivity index (χ0) is 18.3. The fourth-order valence-electron chi connectivity index (χ4n) is 3.55. The molecule has 0 unspecified atom stereocenters. The van der Waals surface area contributed by atoms with Gasteiger partial charge < -0.3 is 4.74 Å². The number of anilines is 2. The number of carbonyl (C=O) groups excluding carboxylic acids is 2. The molecule has 3 rings (SSSR count). The van der Waals surface area contributed by atoms with E-state index < -0.39 is 5.97 Å². The summed E-state index contributed by atoms with van der Waals surface area (Å²) >= 11 is 0. The lowest BCUT2D eigenvalue weighted by Gasteiger charge is -2.20. The Labute approximate surface area is 147 Å². The van der Waals surface area contributed by atoms with Crippen LogP contribution in [0.4, 0.5) is 11.6 Å². The fraction of sp³-hybridized carbons (Fsp3) is 0.421. The Morgan fingerprint density at radius 1 is 1.20 bits per heavy atom. The molecule has 6 nitrogen and oxygen atoms in total. The SMILES string of the molecule is CCOC(=O)c1c(CC)nc2n1CC(=O)N2c1c(C)cc(C)cc1C. The number of aromatic nitrogens is 2. The zero-order valence-electron chi connectivity index (χ0n) is 15.3. The molecule has 6 heteroatoms. The van der Waals surface area contributed by atoms with E-state index in [1.807, 2.05) is 39.8 Å².